The molecule has 1 unspecified atom stereocenters. The number of benzene rings is 1. The number of halogens is 1. The molecule has 2 rings (SSSR count). The van der Waals surface area contributed by atoms with Crippen molar-refractivity contribution in [2.75, 3.05) is 14.2 Å². The molecule has 2 aromatic rings. The summed E-state index contributed by atoms with van der Waals surface area (Å²) in [5.74, 6) is 1.07. The SMILES string of the molecule is COc1ccc(C(C)NC(=O)c2ccoc2Br)cc1OC. The van der Waals surface area contributed by atoms with Crippen molar-refractivity contribution in [1.29, 1.82) is 0 Å². The summed E-state index contributed by atoms with van der Waals surface area (Å²) in [4.78, 5) is 12.1. The number of furan rings is 1. The summed E-state index contributed by atoms with van der Waals surface area (Å²) in [5.41, 5.74) is 1.38. The molecule has 0 spiro atoms. The maximum atomic E-state index is 12.1. The molecule has 1 aromatic carbocycles. The summed E-state index contributed by atoms with van der Waals surface area (Å²) in [6.45, 7) is 1.90. The van der Waals surface area contributed by atoms with Crippen LogP contribution in [0.3, 0.4) is 0 Å². The van der Waals surface area contributed by atoms with Crippen LogP contribution in [-0.4, -0.2) is 20.1 Å². The van der Waals surface area contributed by atoms with Crippen molar-refractivity contribution in [3.63, 3.8) is 0 Å². The Bertz CT molecular complexity index is 638. The number of rotatable bonds is 5. The van der Waals surface area contributed by atoms with E-state index in [1.807, 2.05) is 25.1 Å². The van der Waals surface area contributed by atoms with E-state index >= 15 is 0 Å². The number of hydrogen-bond donors (Lipinski definition) is 1. The van der Waals surface area contributed by atoms with Crippen LogP contribution in [0, 0.1) is 0 Å². The van der Waals surface area contributed by atoms with Crippen LogP contribution in [-0.2, 0) is 0 Å². The van der Waals surface area contributed by atoms with E-state index in [0.717, 1.165) is 5.56 Å². The lowest BCUT2D eigenvalue weighted by atomic mass is 10.1. The first-order valence-corrected chi connectivity index (χ1v) is 7.12. The van der Waals surface area contributed by atoms with Gasteiger partial charge in [-0.1, -0.05) is 6.07 Å². The molecule has 1 aromatic heterocycles. The number of methoxy groups -OCH3 is 2. The van der Waals surface area contributed by atoms with Crippen molar-refractivity contribution in [3.05, 3.63) is 46.3 Å². The van der Waals surface area contributed by atoms with E-state index in [4.69, 9.17) is 13.9 Å². The Labute approximate surface area is 131 Å². The minimum Gasteiger partial charge on any atom is -0.493 e. The fourth-order valence-corrected chi connectivity index (χ4v) is 2.36. The molecule has 0 bridgehead atoms. The van der Waals surface area contributed by atoms with E-state index in [1.54, 1.807) is 20.3 Å². The van der Waals surface area contributed by atoms with Crippen LogP contribution in [0.25, 0.3) is 0 Å². The molecule has 1 atom stereocenters. The number of amides is 1. The van der Waals surface area contributed by atoms with Crippen molar-refractivity contribution in [2.45, 2.75) is 13.0 Å². The normalized spacial score (nSPS) is 11.8. The molecule has 112 valence electrons. The molecule has 5 nitrogen and oxygen atoms in total. The largest absolute Gasteiger partial charge is 0.493 e. The summed E-state index contributed by atoms with van der Waals surface area (Å²) in [6, 6.07) is 6.97. The van der Waals surface area contributed by atoms with Crippen molar-refractivity contribution >= 4 is 21.8 Å². The molecule has 6 heteroatoms. The minimum absolute atomic E-state index is 0.181. The fourth-order valence-electron chi connectivity index (χ4n) is 1.94. The van der Waals surface area contributed by atoms with E-state index in [9.17, 15) is 4.79 Å². The summed E-state index contributed by atoms with van der Waals surface area (Å²) in [5, 5.41) is 2.90. The van der Waals surface area contributed by atoms with Gasteiger partial charge in [0.25, 0.3) is 5.91 Å². The van der Waals surface area contributed by atoms with Crippen LogP contribution in [0.2, 0.25) is 0 Å². The Hall–Kier alpha value is -1.95. The smallest absolute Gasteiger partial charge is 0.256 e. The number of ether oxygens (including phenoxy) is 2. The van der Waals surface area contributed by atoms with Gasteiger partial charge in [-0.05, 0) is 46.6 Å². The molecule has 0 aliphatic rings. The lowest BCUT2D eigenvalue weighted by molar-refractivity contribution is 0.0938. The Morgan fingerprint density at radius 1 is 1.24 bits per heavy atom. The molecule has 0 aliphatic carbocycles. The third-order valence-electron chi connectivity index (χ3n) is 3.12. The molecule has 21 heavy (non-hydrogen) atoms. The zero-order valence-electron chi connectivity index (χ0n) is 12.0. The van der Waals surface area contributed by atoms with Gasteiger partial charge in [0.15, 0.2) is 16.2 Å². The average Bonchev–Trinajstić information content (AvgIpc) is 2.92. The summed E-state index contributed by atoms with van der Waals surface area (Å²) >= 11 is 3.19. The van der Waals surface area contributed by atoms with Gasteiger partial charge in [-0.15, -0.1) is 0 Å². The van der Waals surface area contributed by atoms with Gasteiger partial charge in [0, 0.05) is 0 Å². The van der Waals surface area contributed by atoms with Crippen LogP contribution in [0.4, 0.5) is 0 Å². The minimum atomic E-state index is -0.210. The van der Waals surface area contributed by atoms with Gasteiger partial charge in [-0.25, -0.2) is 0 Å². The molecule has 1 heterocycles. The highest BCUT2D eigenvalue weighted by atomic mass is 79.9. The van der Waals surface area contributed by atoms with E-state index in [1.165, 1.54) is 6.26 Å². The molecule has 0 saturated heterocycles. The highest BCUT2D eigenvalue weighted by Gasteiger charge is 2.17. The molecule has 0 radical (unpaired) electrons. The first-order chi connectivity index (χ1) is 10.1. The number of carbonyl (C=O) groups excluding carboxylic acids is 1. The lowest BCUT2D eigenvalue weighted by Crippen LogP contribution is -2.26. The fraction of sp³-hybridized carbons (Fsp3) is 0.267. The van der Waals surface area contributed by atoms with Gasteiger partial charge < -0.3 is 19.2 Å². The standard InChI is InChI=1S/C15H16BrNO4/c1-9(17-15(18)11-6-7-21-14(11)16)10-4-5-12(19-2)13(8-10)20-3/h4-9H,1-3H3,(H,17,18). The first-order valence-electron chi connectivity index (χ1n) is 6.32. The van der Waals surface area contributed by atoms with Gasteiger partial charge in [0.05, 0.1) is 32.1 Å². The Balaban J connectivity index is 2.15. The molecular weight excluding hydrogens is 338 g/mol. The van der Waals surface area contributed by atoms with Gasteiger partial charge >= 0.3 is 0 Å². The van der Waals surface area contributed by atoms with Crippen LogP contribution in [0.1, 0.15) is 28.9 Å². The zero-order valence-corrected chi connectivity index (χ0v) is 13.6. The van der Waals surface area contributed by atoms with E-state index in [0.29, 0.717) is 21.7 Å². The third-order valence-corrected chi connectivity index (χ3v) is 3.73. The van der Waals surface area contributed by atoms with Gasteiger partial charge in [-0.2, -0.15) is 0 Å². The summed E-state index contributed by atoms with van der Waals surface area (Å²) in [7, 11) is 3.16. The predicted octanol–water partition coefficient (Wildman–Crippen LogP) is 3.55. The predicted molar refractivity (Wildman–Crippen MR) is 81.8 cm³/mol. The molecule has 1 N–H and O–H groups in total. The lowest BCUT2D eigenvalue weighted by Gasteiger charge is -2.16. The maximum absolute atomic E-state index is 12.1. The molecule has 0 fully saturated rings. The molecule has 1 amide bonds. The topological polar surface area (TPSA) is 60.7 Å². The van der Waals surface area contributed by atoms with Crippen molar-refractivity contribution < 1.29 is 18.7 Å². The second-order valence-corrected chi connectivity index (χ2v) is 5.14. The van der Waals surface area contributed by atoms with Crippen molar-refractivity contribution in [2.24, 2.45) is 0 Å². The number of carbonyl (C=O) groups is 1. The second kappa shape index (κ2) is 6.67. The average molecular weight is 354 g/mol. The quantitative estimate of drug-likeness (QED) is 0.892. The highest BCUT2D eigenvalue weighted by Crippen LogP contribution is 2.30. The number of nitrogens with one attached hydrogen (secondary N) is 1. The van der Waals surface area contributed by atoms with Gasteiger partial charge in [-0.3, -0.25) is 4.79 Å². The van der Waals surface area contributed by atoms with Crippen LogP contribution in [0.5, 0.6) is 11.5 Å². The van der Waals surface area contributed by atoms with E-state index in [-0.39, 0.29) is 11.9 Å². The second-order valence-electron chi connectivity index (χ2n) is 4.42. The Morgan fingerprint density at radius 2 is 1.95 bits per heavy atom. The molecular formula is C15H16BrNO4. The third kappa shape index (κ3) is 3.39. The maximum Gasteiger partial charge on any atom is 0.256 e. The van der Waals surface area contributed by atoms with Gasteiger partial charge in [0.1, 0.15) is 0 Å². The Kier molecular flexibility index (Phi) is 4.90. The summed E-state index contributed by atoms with van der Waals surface area (Å²) < 4.78 is 15.9. The van der Waals surface area contributed by atoms with E-state index in [2.05, 4.69) is 21.2 Å². The van der Waals surface area contributed by atoms with E-state index < -0.39 is 0 Å². The van der Waals surface area contributed by atoms with Crippen LogP contribution < -0.4 is 14.8 Å². The van der Waals surface area contributed by atoms with Crippen molar-refractivity contribution in [3.8, 4) is 11.5 Å². The Morgan fingerprint density at radius 3 is 2.52 bits per heavy atom. The summed E-state index contributed by atoms with van der Waals surface area (Å²) in [6.07, 6.45) is 1.46. The number of hydrogen-bond acceptors (Lipinski definition) is 4. The zero-order chi connectivity index (χ0) is 15.4. The van der Waals surface area contributed by atoms with Crippen LogP contribution >= 0.6 is 15.9 Å². The van der Waals surface area contributed by atoms with Gasteiger partial charge in [0.2, 0.25) is 0 Å². The molecule has 0 saturated carbocycles. The first kappa shape index (κ1) is 15.4. The van der Waals surface area contributed by atoms with Crippen LogP contribution in [0.15, 0.2) is 39.6 Å². The highest BCUT2D eigenvalue weighted by molar-refractivity contribution is 9.10. The monoisotopic (exact) mass is 353 g/mol. The molecule has 0 aliphatic heterocycles. The van der Waals surface area contributed by atoms with Crippen molar-refractivity contribution in [1.82, 2.24) is 5.32 Å².